The highest BCUT2D eigenvalue weighted by Gasteiger charge is 2.33. The molecule has 1 aromatic carbocycles. The molecule has 0 aliphatic carbocycles. The number of nitrogens with zero attached hydrogens (tertiary/aromatic N) is 1. The number of hydrogen-bond acceptors (Lipinski definition) is 2. The Morgan fingerprint density at radius 1 is 1.35 bits per heavy atom. The Hall–Kier alpha value is -1.35. The lowest BCUT2D eigenvalue weighted by Crippen LogP contribution is -2.45. The number of para-hydroxylation sites is 1. The van der Waals surface area contributed by atoms with Gasteiger partial charge in [-0.3, -0.25) is 4.79 Å². The number of carbonyl (C=O) groups excluding carboxylic acids is 1. The second kappa shape index (κ2) is 5.57. The summed E-state index contributed by atoms with van der Waals surface area (Å²) in [5, 5.41) is 3.51. The molecule has 2 heterocycles. The van der Waals surface area contributed by atoms with E-state index in [4.69, 9.17) is 0 Å². The highest BCUT2D eigenvalue weighted by atomic mass is 16.2. The molecular formula is C17H24N2O. The number of nitrogens with one attached hydrogen (secondary N) is 1. The Morgan fingerprint density at radius 2 is 2.15 bits per heavy atom. The number of hydrogen-bond donors (Lipinski definition) is 1. The maximum atomic E-state index is 12.7. The molecule has 3 unspecified atom stereocenters. The van der Waals surface area contributed by atoms with E-state index in [1.807, 2.05) is 11.0 Å². The van der Waals surface area contributed by atoms with Gasteiger partial charge in [-0.1, -0.05) is 25.1 Å². The Bertz CT molecular complexity index is 500. The monoisotopic (exact) mass is 272 g/mol. The van der Waals surface area contributed by atoms with Crippen molar-refractivity contribution in [3.8, 4) is 0 Å². The topological polar surface area (TPSA) is 32.3 Å². The molecule has 0 bridgehead atoms. The summed E-state index contributed by atoms with van der Waals surface area (Å²) in [5.74, 6) is 0.870. The minimum absolute atomic E-state index is 0.272. The van der Waals surface area contributed by atoms with E-state index in [1.165, 1.54) is 18.4 Å². The van der Waals surface area contributed by atoms with Crippen molar-refractivity contribution in [1.29, 1.82) is 0 Å². The van der Waals surface area contributed by atoms with Crippen LogP contribution in [-0.2, 0) is 11.2 Å². The third kappa shape index (κ3) is 2.47. The molecule has 20 heavy (non-hydrogen) atoms. The summed E-state index contributed by atoms with van der Waals surface area (Å²) in [4.78, 5) is 14.7. The zero-order valence-corrected chi connectivity index (χ0v) is 12.4. The third-order valence-electron chi connectivity index (χ3n) is 4.80. The van der Waals surface area contributed by atoms with Crippen LogP contribution in [0.1, 0.15) is 38.7 Å². The molecule has 0 spiro atoms. The Morgan fingerprint density at radius 3 is 2.95 bits per heavy atom. The second-order valence-electron chi connectivity index (χ2n) is 6.33. The molecule has 108 valence electrons. The Balaban J connectivity index is 1.74. The van der Waals surface area contributed by atoms with E-state index >= 15 is 0 Å². The smallest absolute Gasteiger partial charge is 0.228 e. The van der Waals surface area contributed by atoms with Crippen LogP contribution in [0.5, 0.6) is 0 Å². The van der Waals surface area contributed by atoms with E-state index in [0.29, 0.717) is 24.4 Å². The molecule has 1 aromatic rings. The maximum absolute atomic E-state index is 12.7. The molecule has 0 saturated carbocycles. The van der Waals surface area contributed by atoms with Crippen molar-refractivity contribution in [3.63, 3.8) is 0 Å². The van der Waals surface area contributed by atoms with E-state index < -0.39 is 0 Å². The van der Waals surface area contributed by atoms with Gasteiger partial charge in [-0.25, -0.2) is 0 Å². The summed E-state index contributed by atoms with van der Waals surface area (Å²) in [6, 6.07) is 8.94. The van der Waals surface area contributed by atoms with Crippen LogP contribution in [0.15, 0.2) is 24.3 Å². The van der Waals surface area contributed by atoms with Crippen LogP contribution in [-0.4, -0.2) is 24.5 Å². The maximum Gasteiger partial charge on any atom is 0.228 e. The standard InChI is InChI=1S/C17H24N2O/c1-12-6-5-9-18-15(12)11-17(20)19-13(2)10-14-7-3-4-8-16(14)19/h3-4,7-8,12-13,15,18H,5-6,9-11H2,1-2H3. The molecule has 3 heteroatoms. The molecule has 0 radical (unpaired) electrons. The lowest BCUT2D eigenvalue weighted by Gasteiger charge is -2.32. The quantitative estimate of drug-likeness (QED) is 0.898. The fraction of sp³-hybridized carbons (Fsp3) is 0.588. The van der Waals surface area contributed by atoms with Crippen molar-refractivity contribution in [2.75, 3.05) is 11.4 Å². The zero-order valence-electron chi connectivity index (χ0n) is 12.4. The van der Waals surface area contributed by atoms with Crippen LogP contribution < -0.4 is 10.2 Å². The van der Waals surface area contributed by atoms with Crippen molar-refractivity contribution in [3.05, 3.63) is 29.8 Å². The number of carbonyl (C=O) groups is 1. The van der Waals surface area contributed by atoms with Crippen molar-refractivity contribution in [1.82, 2.24) is 5.32 Å². The minimum Gasteiger partial charge on any atom is -0.313 e. The predicted octanol–water partition coefficient (Wildman–Crippen LogP) is 2.74. The van der Waals surface area contributed by atoms with Crippen LogP contribution in [0.3, 0.4) is 0 Å². The van der Waals surface area contributed by atoms with E-state index in [1.54, 1.807) is 0 Å². The second-order valence-corrected chi connectivity index (χ2v) is 6.33. The van der Waals surface area contributed by atoms with Gasteiger partial charge in [0.05, 0.1) is 0 Å². The fourth-order valence-corrected chi connectivity index (χ4v) is 3.62. The average molecular weight is 272 g/mol. The first-order valence-corrected chi connectivity index (χ1v) is 7.80. The summed E-state index contributed by atoms with van der Waals surface area (Å²) >= 11 is 0. The van der Waals surface area contributed by atoms with Crippen LogP contribution in [0.4, 0.5) is 5.69 Å². The van der Waals surface area contributed by atoms with Gasteiger partial charge in [-0.05, 0) is 50.3 Å². The fourth-order valence-electron chi connectivity index (χ4n) is 3.62. The molecule has 1 N–H and O–H groups in total. The van der Waals surface area contributed by atoms with E-state index in [-0.39, 0.29) is 5.91 Å². The number of amides is 1. The number of benzene rings is 1. The van der Waals surface area contributed by atoms with Crippen LogP contribution in [0, 0.1) is 5.92 Å². The van der Waals surface area contributed by atoms with Gasteiger partial charge in [0.1, 0.15) is 0 Å². The first-order chi connectivity index (χ1) is 9.66. The van der Waals surface area contributed by atoms with Gasteiger partial charge < -0.3 is 10.2 Å². The largest absolute Gasteiger partial charge is 0.313 e. The van der Waals surface area contributed by atoms with Crippen LogP contribution >= 0.6 is 0 Å². The van der Waals surface area contributed by atoms with Crippen LogP contribution in [0.2, 0.25) is 0 Å². The first kappa shape index (κ1) is 13.6. The summed E-state index contributed by atoms with van der Waals surface area (Å²) < 4.78 is 0. The van der Waals surface area contributed by atoms with Crippen molar-refractivity contribution in [2.45, 2.75) is 51.6 Å². The minimum atomic E-state index is 0.272. The van der Waals surface area contributed by atoms with Gasteiger partial charge in [0.2, 0.25) is 5.91 Å². The number of fused-ring (bicyclic) bond motifs is 1. The molecule has 1 saturated heterocycles. The van der Waals surface area contributed by atoms with E-state index in [0.717, 1.165) is 18.7 Å². The highest BCUT2D eigenvalue weighted by Crippen LogP contribution is 2.33. The molecule has 1 amide bonds. The molecule has 3 atom stereocenters. The van der Waals surface area contributed by atoms with Gasteiger partial charge in [0, 0.05) is 24.2 Å². The number of rotatable bonds is 2. The predicted molar refractivity (Wildman–Crippen MR) is 81.9 cm³/mol. The van der Waals surface area contributed by atoms with Crippen molar-refractivity contribution < 1.29 is 4.79 Å². The molecular weight excluding hydrogens is 248 g/mol. The number of anilines is 1. The summed E-state index contributed by atoms with van der Waals surface area (Å²) in [7, 11) is 0. The Labute approximate surface area is 121 Å². The number of piperidine rings is 1. The molecule has 2 aliphatic rings. The van der Waals surface area contributed by atoms with Crippen molar-refractivity contribution >= 4 is 11.6 Å². The molecule has 3 rings (SSSR count). The summed E-state index contributed by atoms with van der Waals surface area (Å²) in [6.07, 6.45) is 4.07. The molecule has 3 nitrogen and oxygen atoms in total. The molecule has 2 aliphatic heterocycles. The van der Waals surface area contributed by atoms with Crippen LogP contribution in [0.25, 0.3) is 0 Å². The zero-order chi connectivity index (χ0) is 14.1. The van der Waals surface area contributed by atoms with E-state index in [9.17, 15) is 4.79 Å². The van der Waals surface area contributed by atoms with Gasteiger partial charge >= 0.3 is 0 Å². The van der Waals surface area contributed by atoms with Gasteiger partial charge in [-0.2, -0.15) is 0 Å². The summed E-state index contributed by atoms with van der Waals surface area (Å²) in [5.41, 5.74) is 2.42. The lowest BCUT2D eigenvalue weighted by atomic mass is 9.90. The third-order valence-corrected chi connectivity index (χ3v) is 4.80. The summed E-state index contributed by atoms with van der Waals surface area (Å²) in [6.45, 7) is 5.45. The normalized spacial score (nSPS) is 29.3. The van der Waals surface area contributed by atoms with Gasteiger partial charge in [0.25, 0.3) is 0 Å². The molecule has 0 aromatic heterocycles. The van der Waals surface area contributed by atoms with Gasteiger partial charge in [-0.15, -0.1) is 0 Å². The average Bonchev–Trinajstić information content (AvgIpc) is 2.77. The van der Waals surface area contributed by atoms with Gasteiger partial charge in [0.15, 0.2) is 0 Å². The van der Waals surface area contributed by atoms with Crippen molar-refractivity contribution in [2.24, 2.45) is 5.92 Å². The molecule has 1 fully saturated rings. The highest BCUT2D eigenvalue weighted by molar-refractivity contribution is 5.96. The van der Waals surface area contributed by atoms with E-state index in [2.05, 4.69) is 37.4 Å². The SMILES string of the molecule is CC1CCCNC1CC(=O)N1c2ccccc2CC1C. The first-order valence-electron chi connectivity index (χ1n) is 7.80. The Kier molecular flexibility index (Phi) is 3.79. The lowest BCUT2D eigenvalue weighted by molar-refractivity contribution is -0.119.